The molecule has 2 aromatic rings. The van der Waals surface area contributed by atoms with E-state index in [0.717, 1.165) is 6.42 Å². The Balaban J connectivity index is 2.02. The van der Waals surface area contributed by atoms with E-state index in [9.17, 15) is 4.79 Å². The van der Waals surface area contributed by atoms with Crippen LogP contribution in [0.25, 0.3) is 0 Å². The van der Waals surface area contributed by atoms with Crippen LogP contribution < -0.4 is 10.4 Å². The van der Waals surface area contributed by atoms with Gasteiger partial charge in [0.15, 0.2) is 0 Å². The minimum atomic E-state index is -2.55. The van der Waals surface area contributed by atoms with Gasteiger partial charge in [-0.2, -0.15) is 0 Å². The highest BCUT2D eigenvalue weighted by atomic mass is 28.4. The van der Waals surface area contributed by atoms with Crippen LogP contribution in [0, 0.1) is 5.92 Å². The second-order valence-corrected chi connectivity index (χ2v) is 12.5. The van der Waals surface area contributed by atoms with E-state index >= 15 is 0 Å². The molecule has 0 unspecified atom stereocenters. The van der Waals surface area contributed by atoms with Gasteiger partial charge in [-0.05, 0) is 21.8 Å². The third kappa shape index (κ3) is 3.48. The second kappa shape index (κ2) is 7.37. The second-order valence-electron chi connectivity index (χ2n) is 8.17. The Hall–Kier alpha value is -1.91. The van der Waals surface area contributed by atoms with Crippen molar-refractivity contribution in [3.63, 3.8) is 0 Å². The Kier molecular flexibility index (Phi) is 5.35. The Morgan fingerprint density at radius 3 is 1.88 bits per heavy atom. The minimum absolute atomic E-state index is 0.0391. The molecule has 1 aliphatic heterocycles. The number of carbonyl (C=O) groups excluding carboxylic acids is 1. The molecule has 2 aromatic carbocycles. The molecule has 26 heavy (non-hydrogen) atoms. The summed E-state index contributed by atoms with van der Waals surface area (Å²) in [4.78, 5) is 11.8. The van der Waals surface area contributed by atoms with Gasteiger partial charge in [-0.3, -0.25) is 4.79 Å². The van der Waals surface area contributed by atoms with Crippen molar-refractivity contribution in [3.05, 3.63) is 60.7 Å². The number of ether oxygens (including phenoxy) is 1. The van der Waals surface area contributed by atoms with Gasteiger partial charge in [0, 0.05) is 0 Å². The van der Waals surface area contributed by atoms with Crippen LogP contribution in [0.2, 0.25) is 5.04 Å². The number of hydrogen-bond acceptors (Lipinski definition) is 3. The Morgan fingerprint density at radius 2 is 1.50 bits per heavy atom. The van der Waals surface area contributed by atoms with Crippen LogP contribution in [0.1, 0.15) is 34.1 Å². The van der Waals surface area contributed by atoms with Crippen molar-refractivity contribution in [2.75, 3.05) is 6.61 Å². The lowest BCUT2D eigenvalue weighted by Crippen LogP contribution is -2.67. The molecule has 4 heteroatoms. The maximum Gasteiger partial charge on any atom is 0.309 e. The molecule has 0 N–H and O–H groups in total. The van der Waals surface area contributed by atoms with Crippen molar-refractivity contribution in [1.29, 1.82) is 0 Å². The van der Waals surface area contributed by atoms with Crippen LogP contribution in [-0.2, 0) is 14.0 Å². The van der Waals surface area contributed by atoms with E-state index in [2.05, 4.69) is 69.3 Å². The van der Waals surface area contributed by atoms with Crippen LogP contribution >= 0.6 is 0 Å². The molecule has 3 nitrogen and oxygen atoms in total. The fourth-order valence-electron chi connectivity index (χ4n) is 3.90. The highest BCUT2D eigenvalue weighted by molar-refractivity contribution is 6.99. The molecule has 1 aliphatic rings. The minimum Gasteiger partial charge on any atom is -0.460 e. The monoisotopic (exact) mass is 368 g/mol. The zero-order chi connectivity index (χ0) is 18.8. The molecule has 3 rings (SSSR count). The standard InChI is InChI=1S/C22H28O3Si/c1-17-15-18(25-21(17)23)16-24-26(22(2,3)4,19-11-7-5-8-12-19)20-13-9-6-10-14-20/h5-14,17-18H,15-16H2,1-4H3/t17-,18+/m1/s1. The average molecular weight is 369 g/mol. The summed E-state index contributed by atoms with van der Waals surface area (Å²) in [6.07, 6.45) is 0.580. The molecular formula is C22H28O3Si. The summed E-state index contributed by atoms with van der Waals surface area (Å²) in [6, 6.07) is 21.1. The summed E-state index contributed by atoms with van der Waals surface area (Å²) >= 11 is 0. The molecule has 0 amide bonds. The number of hydrogen-bond donors (Lipinski definition) is 0. The van der Waals surface area contributed by atoms with Gasteiger partial charge in [0.25, 0.3) is 8.32 Å². The quantitative estimate of drug-likeness (QED) is 0.598. The normalized spacial score (nSPS) is 20.8. The molecule has 1 saturated heterocycles. The number of esters is 1. The fourth-order valence-corrected chi connectivity index (χ4v) is 8.49. The molecule has 0 aromatic heterocycles. The van der Waals surface area contributed by atoms with Gasteiger partial charge in [-0.1, -0.05) is 88.4 Å². The van der Waals surface area contributed by atoms with E-state index < -0.39 is 8.32 Å². The largest absolute Gasteiger partial charge is 0.460 e. The molecule has 0 spiro atoms. The topological polar surface area (TPSA) is 35.5 Å². The molecule has 1 fully saturated rings. The van der Waals surface area contributed by atoms with Gasteiger partial charge in [-0.25, -0.2) is 0 Å². The van der Waals surface area contributed by atoms with Gasteiger partial charge >= 0.3 is 5.97 Å². The first-order valence-electron chi connectivity index (χ1n) is 9.30. The summed E-state index contributed by atoms with van der Waals surface area (Å²) in [5, 5.41) is 2.43. The summed E-state index contributed by atoms with van der Waals surface area (Å²) in [5.41, 5.74) is 0. The number of carbonyl (C=O) groups is 1. The van der Waals surface area contributed by atoms with Crippen molar-refractivity contribution in [2.24, 2.45) is 5.92 Å². The van der Waals surface area contributed by atoms with Crippen LogP contribution in [0.3, 0.4) is 0 Å². The lowest BCUT2D eigenvalue weighted by Gasteiger charge is -2.43. The number of benzene rings is 2. The van der Waals surface area contributed by atoms with Gasteiger partial charge in [0.05, 0.1) is 12.5 Å². The van der Waals surface area contributed by atoms with Crippen LogP contribution in [0.5, 0.6) is 0 Å². The smallest absolute Gasteiger partial charge is 0.309 e. The highest BCUT2D eigenvalue weighted by Gasteiger charge is 2.50. The Morgan fingerprint density at radius 1 is 1.00 bits per heavy atom. The zero-order valence-electron chi connectivity index (χ0n) is 16.1. The first kappa shape index (κ1) is 18.9. The summed E-state index contributed by atoms with van der Waals surface area (Å²) in [6.45, 7) is 9.13. The first-order valence-corrected chi connectivity index (χ1v) is 11.2. The summed E-state index contributed by atoms with van der Waals surface area (Å²) in [5.74, 6) is -0.149. The molecular weight excluding hydrogens is 340 g/mol. The third-order valence-electron chi connectivity index (χ3n) is 5.20. The fraction of sp³-hybridized carbons (Fsp3) is 0.409. The SMILES string of the molecule is C[C@@H]1C[C@@H](CO[Si](c2ccccc2)(c2ccccc2)C(C)(C)C)OC1=O. The number of cyclic esters (lactones) is 1. The van der Waals surface area contributed by atoms with E-state index in [1.54, 1.807) is 0 Å². The summed E-state index contributed by atoms with van der Waals surface area (Å²) < 4.78 is 12.3. The maximum atomic E-state index is 11.8. The molecule has 0 radical (unpaired) electrons. The molecule has 0 bridgehead atoms. The van der Waals surface area contributed by atoms with Crippen LogP contribution in [0.4, 0.5) is 0 Å². The lowest BCUT2D eigenvalue weighted by atomic mass is 10.1. The zero-order valence-corrected chi connectivity index (χ0v) is 17.1. The van der Waals surface area contributed by atoms with Crippen molar-refractivity contribution >= 4 is 24.7 Å². The van der Waals surface area contributed by atoms with E-state index in [0.29, 0.717) is 6.61 Å². The van der Waals surface area contributed by atoms with E-state index in [1.807, 2.05) is 19.1 Å². The van der Waals surface area contributed by atoms with E-state index in [-0.39, 0.29) is 23.0 Å². The maximum absolute atomic E-state index is 11.8. The Bertz CT molecular complexity index is 697. The highest BCUT2D eigenvalue weighted by Crippen LogP contribution is 2.37. The number of rotatable bonds is 5. The molecule has 2 atom stereocenters. The molecule has 1 heterocycles. The predicted octanol–water partition coefficient (Wildman–Crippen LogP) is 3.51. The third-order valence-corrected chi connectivity index (χ3v) is 10.2. The lowest BCUT2D eigenvalue weighted by molar-refractivity contribution is -0.144. The van der Waals surface area contributed by atoms with Crippen molar-refractivity contribution in [1.82, 2.24) is 0 Å². The van der Waals surface area contributed by atoms with Gasteiger partial charge in [0.2, 0.25) is 0 Å². The van der Waals surface area contributed by atoms with Gasteiger partial charge < -0.3 is 9.16 Å². The van der Waals surface area contributed by atoms with Crippen LogP contribution in [-0.4, -0.2) is 27.0 Å². The van der Waals surface area contributed by atoms with Gasteiger partial charge in [0.1, 0.15) is 6.10 Å². The Labute approximate surface area is 157 Å². The van der Waals surface area contributed by atoms with Crippen molar-refractivity contribution < 1.29 is 14.0 Å². The van der Waals surface area contributed by atoms with Gasteiger partial charge in [-0.15, -0.1) is 0 Å². The van der Waals surface area contributed by atoms with E-state index in [1.165, 1.54) is 10.4 Å². The van der Waals surface area contributed by atoms with E-state index in [4.69, 9.17) is 9.16 Å². The van der Waals surface area contributed by atoms with Crippen LogP contribution in [0.15, 0.2) is 60.7 Å². The van der Waals surface area contributed by atoms with Crippen molar-refractivity contribution in [3.8, 4) is 0 Å². The molecule has 0 aliphatic carbocycles. The molecule has 0 saturated carbocycles. The predicted molar refractivity (Wildman–Crippen MR) is 107 cm³/mol. The first-order chi connectivity index (χ1) is 12.3. The van der Waals surface area contributed by atoms with Crippen molar-refractivity contribution in [2.45, 2.75) is 45.3 Å². The average Bonchev–Trinajstić information content (AvgIpc) is 2.94. The molecule has 138 valence electrons. The summed E-state index contributed by atoms with van der Waals surface area (Å²) in [7, 11) is -2.55.